The number of hydrogen-bond donors (Lipinski definition) is 2. The van der Waals surface area contributed by atoms with E-state index >= 15 is 0 Å². The minimum absolute atomic E-state index is 0.486. The molecular formula is C25H29NO3. The van der Waals surface area contributed by atoms with E-state index in [-0.39, 0.29) is 0 Å². The van der Waals surface area contributed by atoms with E-state index in [9.17, 15) is 5.11 Å². The number of aliphatic hydroxyl groups excluding tert-OH is 1. The van der Waals surface area contributed by atoms with Crippen molar-refractivity contribution >= 4 is 0 Å². The van der Waals surface area contributed by atoms with E-state index in [2.05, 4.69) is 36.5 Å². The van der Waals surface area contributed by atoms with Crippen molar-refractivity contribution in [3.05, 3.63) is 95.1 Å². The van der Waals surface area contributed by atoms with E-state index in [1.54, 1.807) is 0 Å². The third-order valence-electron chi connectivity index (χ3n) is 4.67. The standard InChI is InChI=1S/C25H29NO3/c1-3-28-25-15-21(16-26-17-23(27)22-7-5-4-6-8-22)13-14-24(25)29-18-20-11-9-19(2)10-12-20/h4-15,23,26-27H,3,16-18H2,1-2H3. The molecule has 3 rings (SSSR count). The van der Waals surface area contributed by atoms with Gasteiger partial charge in [0.05, 0.1) is 12.7 Å². The first kappa shape index (κ1) is 20.9. The average Bonchev–Trinajstić information content (AvgIpc) is 2.75. The number of rotatable bonds is 10. The molecule has 0 saturated heterocycles. The molecule has 0 radical (unpaired) electrons. The number of hydrogen-bond acceptors (Lipinski definition) is 4. The molecule has 0 heterocycles. The highest BCUT2D eigenvalue weighted by atomic mass is 16.5. The summed E-state index contributed by atoms with van der Waals surface area (Å²) in [7, 11) is 0. The van der Waals surface area contributed by atoms with Gasteiger partial charge in [-0.15, -0.1) is 0 Å². The minimum atomic E-state index is -0.528. The van der Waals surface area contributed by atoms with Crippen LogP contribution in [0.3, 0.4) is 0 Å². The van der Waals surface area contributed by atoms with Gasteiger partial charge in [-0.3, -0.25) is 0 Å². The molecule has 0 bridgehead atoms. The molecule has 0 aliphatic heterocycles. The monoisotopic (exact) mass is 391 g/mol. The fourth-order valence-corrected chi connectivity index (χ4v) is 3.04. The van der Waals surface area contributed by atoms with E-state index in [1.165, 1.54) is 5.56 Å². The molecule has 3 aromatic rings. The zero-order chi connectivity index (χ0) is 20.5. The largest absolute Gasteiger partial charge is 0.490 e. The normalized spacial score (nSPS) is 11.8. The van der Waals surface area contributed by atoms with Gasteiger partial charge in [0, 0.05) is 13.1 Å². The summed E-state index contributed by atoms with van der Waals surface area (Å²) in [5, 5.41) is 13.6. The van der Waals surface area contributed by atoms with Crippen LogP contribution >= 0.6 is 0 Å². The van der Waals surface area contributed by atoms with Gasteiger partial charge in [0.15, 0.2) is 11.5 Å². The number of ether oxygens (including phenoxy) is 2. The molecule has 0 aromatic heterocycles. The van der Waals surface area contributed by atoms with Crippen molar-refractivity contribution in [3.63, 3.8) is 0 Å². The van der Waals surface area contributed by atoms with E-state index < -0.39 is 6.10 Å². The van der Waals surface area contributed by atoms with Gasteiger partial charge in [-0.1, -0.05) is 66.2 Å². The second kappa shape index (κ2) is 10.6. The quantitative estimate of drug-likeness (QED) is 0.521. The lowest BCUT2D eigenvalue weighted by Crippen LogP contribution is -2.21. The zero-order valence-electron chi connectivity index (χ0n) is 17.1. The number of aryl methyl sites for hydroxylation is 1. The van der Waals surface area contributed by atoms with Crippen molar-refractivity contribution < 1.29 is 14.6 Å². The number of aliphatic hydroxyl groups is 1. The number of nitrogens with one attached hydrogen (secondary N) is 1. The summed E-state index contributed by atoms with van der Waals surface area (Å²) in [6.45, 7) is 6.24. The summed E-state index contributed by atoms with van der Waals surface area (Å²) in [5.74, 6) is 1.48. The van der Waals surface area contributed by atoms with Crippen LogP contribution in [0.1, 0.15) is 35.3 Å². The lowest BCUT2D eigenvalue weighted by atomic mass is 10.1. The highest BCUT2D eigenvalue weighted by molar-refractivity contribution is 5.43. The Labute approximate surface area is 173 Å². The third kappa shape index (κ3) is 6.34. The smallest absolute Gasteiger partial charge is 0.161 e. The van der Waals surface area contributed by atoms with Crippen LogP contribution in [0.15, 0.2) is 72.8 Å². The van der Waals surface area contributed by atoms with Gasteiger partial charge in [-0.25, -0.2) is 0 Å². The Balaban J connectivity index is 1.57. The molecule has 4 heteroatoms. The summed E-state index contributed by atoms with van der Waals surface area (Å²) in [6, 6.07) is 24.0. The van der Waals surface area contributed by atoms with E-state index in [4.69, 9.17) is 9.47 Å². The van der Waals surface area contributed by atoms with Crippen LogP contribution in [0.4, 0.5) is 0 Å². The first-order valence-corrected chi connectivity index (χ1v) is 10.0. The van der Waals surface area contributed by atoms with Crippen LogP contribution < -0.4 is 14.8 Å². The van der Waals surface area contributed by atoms with E-state index in [0.717, 1.165) is 28.2 Å². The van der Waals surface area contributed by atoms with Gasteiger partial charge < -0.3 is 19.9 Å². The third-order valence-corrected chi connectivity index (χ3v) is 4.67. The van der Waals surface area contributed by atoms with Gasteiger partial charge in [-0.2, -0.15) is 0 Å². The van der Waals surface area contributed by atoms with Crippen LogP contribution in [-0.4, -0.2) is 18.3 Å². The molecule has 3 aromatic carbocycles. The summed E-state index contributed by atoms with van der Waals surface area (Å²) < 4.78 is 11.8. The maximum absolute atomic E-state index is 10.3. The second-order valence-electron chi connectivity index (χ2n) is 7.05. The predicted molar refractivity (Wildman–Crippen MR) is 116 cm³/mol. The molecule has 1 atom stereocenters. The van der Waals surface area contributed by atoms with Gasteiger partial charge >= 0.3 is 0 Å². The van der Waals surface area contributed by atoms with Gasteiger partial charge in [0.1, 0.15) is 6.61 Å². The molecule has 0 saturated carbocycles. The summed E-state index contributed by atoms with van der Waals surface area (Å²) in [5.41, 5.74) is 4.35. The Kier molecular flexibility index (Phi) is 7.68. The van der Waals surface area contributed by atoms with Gasteiger partial charge in [0.25, 0.3) is 0 Å². The molecule has 2 N–H and O–H groups in total. The van der Waals surface area contributed by atoms with Crippen LogP contribution in [0.25, 0.3) is 0 Å². The fraction of sp³-hybridized carbons (Fsp3) is 0.280. The molecule has 1 unspecified atom stereocenters. The number of benzene rings is 3. The molecule has 0 aliphatic rings. The molecule has 152 valence electrons. The van der Waals surface area contributed by atoms with Crippen LogP contribution in [0.5, 0.6) is 11.5 Å². The van der Waals surface area contributed by atoms with E-state index in [0.29, 0.717) is 26.3 Å². The highest BCUT2D eigenvalue weighted by Crippen LogP contribution is 2.29. The zero-order valence-corrected chi connectivity index (χ0v) is 17.1. The van der Waals surface area contributed by atoms with Crippen LogP contribution in [0, 0.1) is 6.92 Å². The average molecular weight is 392 g/mol. The topological polar surface area (TPSA) is 50.7 Å². The maximum Gasteiger partial charge on any atom is 0.161 e. The highest BCUT2D eigenvalue weighted by Gasteiger charge is 2.09. The molecule has 0 amide bonds. The minimum Gasteiger partial charge on any atom is -0.490 e. The first-order chi connectivity index (χ1) is 14.2. The molecule has 0 aliphatic carbocycles. The fourth-order valence-electron chi connectivity index (χ4n) is 3.04. The maximum atomic E-state index is 10.3. The Morgan fingerprint density at radius 2 is 1.59 bits per heavy atom. The van der Waals surface area contributed by atoms with Gasteiger partial charge in [-0.05, 0) is 42.7 Å². The Morgan fingerprint density at radius 3 is 2.31 bits per heavy atom. The summed E-state index contributed by atoms with van der Waals surface area (Å²) in [6.07, 6.45) is -0.528. The summed E-state index contributed by atoms with van der Waals surface area (Å²) in [4.78, 5) is 0. The van der Waals surface area contributed by atoms with Crippen LogP contribution in [0.2, 0.25) is 0 Å². The molecule has 29 heavy (non-hydrogen) atoms. The lowest BCUT2D eigenvalue weighted by Gasteiger charge is -2.15. The lowest BCUT2D eigenvalue weighted by molar-refractivity contribution is 0.174. The van der Waals surface area contributed by atoms with Crippen molar-refractivity contribution in [2.75, 3.05) is 13.2 Å². The summed E-state index contributed by atoms with van der Waals surface area (Å²) >= 11 is 0. The predicted octanol–water partition coefficient (Wildman–Crippen LogP) is 4.80. The van der Waals surface area contributed by atoms with Gasteiger partial charge in [0.2, 0.25) is 0 Å². The molecule has 0 spiro atoms. The van der Waals surface area contributed by atoms with Crippen molar-refractivity contribution in [2.24, 2.45) is 0 Å². The van der Waals surface area contributed by atoms with Crippen molar-refractivity contribution in [2.45, 2.75) is 33.1 Å². The SMILES string of the molecule is CCOc1cc(CNCC(O)c2ccccc2)ccc1OCc1ccc(C)cc1. The molecule has 0 fully saturated rings. The van der Waals surface area contributed by atoms with E-state index in [1.807, 2.05) is 55.5 Å². The van der Waals surface area contributed by atoms with Crippen LogP contribution in [-0.2, 0) is 13.2 Å². The first-order valence-electron chi connectivity index (χ1n) is 10.0. The van der Waals surface area contributed by atoms with Crippen molar-refractivity contribution in [1.29, 1.82) is 0 Å². The Morgan fingerprint density at radius 1 is 0.862 bits per heavy atom. The Bertz CT molecular complexity index is 878. The Hall–Kier alpha value is -2.82. The molecule has 4 nitrogen and oxygen atoms in total. The van der Waals surface area contributed by atoms with Crippen molar-refractivity contribution in [3.8, 4) is 11.5 Å². The van der Waals surface area contributed by atoms with Crippen molar-refractivity contribution in [1.82, 2.24) is 5.32 Å². The molecular weight excluding hydrogens is 362 g/mol. The second-order valence-corrected chi connectivity index (χ2v) is 7.05.